The van der Waals surface area contributed by atoms with E-state index in [1.54, 1.807) is 24.3 Å². The Balaban J connectivity index is 2.44. The van der Waals surface area contributed by atoms with E-state index in [4.69, 9.17) is 11.6 Å². The van der Waals surface area contributed by atoms with Crippen LogP contribution >= 0.6 is 11.6 Å². The van der Waals surface area contributed by atoms with Crippen molar-refractivity contribution in [3.05, 3.63) is 64.7 Å². The summed E-state index contributed by atoms with van der Waals surface area (Å²) in [4.78, 5) is 24.4. The standard InChI is InChI=1S/C17H16ClNO5S/c1-24-17(21)14-5-3-4-6-15(14)19(25(2,22)23)11-16(20)12-7-9-13(18)10-8-12/h3-10H,11H2,1-2H3. The molecule has 0 spiro atoms. The summed E-state index contributed by atoms with van der Waals surface area (Å²) < 4.78 is 30.0. The van der Waals surface area contributed by atoms with Crippen LogP contribution in [0.15, 0.2) is 48.5 Å². The highest BCUT2D eigenvalue weighted by Crippen LogP contribution is 2.24. The van der Waals surface area contributed by atoms with Gasteiger partial charge in [0.15, 0.2) is 5.78 Å². The number of Topliss-reactive ketones (excluding diaryl/α,β-unsaturated/α-hetero) is 1. The average molecular weight is 382 g/mol. The summed E-state index contributed by atoms with van der Waals surface area (Å²) in [6.45, 7) is -0.450. The molecule has 8 heteroatoms. The first-order chi connectivity index (χ1) is 11.7. The van der Waals surface area contributed by atoms with Gasteiger partial charge < -0.3 is 4.74 Å². The largest absolute Gasteiger partial charge is 0.465 e. The van der Waals surface area contributed by atoms with Crippen molar-refractivity contribution in [1.82, 2.24) is 0 Å². The van der Waals surface area contributed by atoms with E-state index in [0.29, 0.717) is 10.6 Å². The molecular formula is C17H16ClNO5S. The van der Waals surface area contributed by atoms with Crippen LogP contribution in [-0.4, -0.2) is 40.1 Å². The van der Waals surface area contributed by atoms with Crippen molar-refractivity contribution in [2.24, 2.45) is 0 Å². The molecule has 25 heavy (non-hydrogen) atoms. The minimum atomic E-state index is -3.81. The van der Waals surface area contributed by atoms with Crippen LogP contribution in [-0.2, 0) is 14.8 Å². The van der Waals surface area contributed by atoms with Gasteiger partial charge in [-0.3, -0.25) is 9.10 Å². The molecule has 0 aliphatic heterocycles. The number of rotatable bonds is 6. The molecule has 0 saturated heterocycles. The van der Waals surface area contributed by atoms with Gasteiger partial charge in [-0.05, 0) is 36.4 Å². The number of anilines is 1. The molecule has 132 valence electrons. The Hall–Kier alpha value is -2.38. The summed E-state index contributed by atoms with van der Waals surface area (Å²) in [5, 5.41) is 0.465. The van der Waals surface area contributed by atoms with Crippen molar-refractivity contribution in [1.29, 1.82) is 0 Å². The molecule has 6 nitrogen and oxygen atoms in total. The normalized spacial score (nSPS) is 11.0. The lowest BCUT2D eigenvalue weighted by molar-refractivity contribution is 0.0601. The third-order valence-corrected chi connectivity index (χ3v) is 4.81. The lowest BCUT2D eigenvalue weighted by atomic mass is 10.1. The minimum absolute atomic E-state index is 0.0549. The van der Waals surface area contributed by atoms with E-state index >= 15 is 0 Å². The Labute approximate surface area is 151 Å². The second-order valence-corrected chi connectivity index (χ2v) is 7.55. The lowest BCUT2D eigenvalue weighted by Gasteiger charge is -2.23. The maximum Gasteiger partial charge on any atom is 0.340 e. The highest BCUT2D eigenvalue weighted by molar-refractivity contribution is 7.92. The zero-order valence-corrected chi connectivity index (χ0v) is 15.2. The van der Waals surface area contributed by atoms with E-state index in [1.165, 1.54) is 31.4 Å². The number of benzene rings is 2. The number of para-hydroxylation sites is 1. The number of sulfonamides is 1. The van der Waals surface area contributed by atoms with Crippen LogP contribution in [0.2, 0.25) is 5.02 Å². The van der Waals surface area contributed by atoms with Crippen molar-refractivity contribution in [2.75, 3.05) is 24.2 Å². The third kappa shape index (κ3) is 4.58. The number of esters is 1. The number of hydrogen-bond donors (Lipinski definition) is 0. The first-order valence-electron chi connectivity index (χ1n) is 7.18. The first-order valence-corrected chi connectivity index (χ1v) is 9.40. The molecular weight excluding hydrogens is 366 g/mol. The molecule has 2 aromatic carbocycles. The topological polar surface area (TPSA) is 80.8 Å². The van der Waals surface area contributed by atoms with Crippen LogP contribution in [0.1, 0.15) is 20.7 Å². The Morgan fingerprint density at radius 3 is 2.24 bits per heavy atom. The predicted molar refractivity (Wildman–Crippen MR) is 95.8 cm³/mol. The van der Waals surface area contributed by atoms with Gasteiger partial charge in [0, 0.05) is 10.6 Å². The number of halogens is 1. The maximum absolute atomic E-state index is 12.5. The van der Waals surface area contributed by atoms with Crippen LogP contribution in [0.3, 0.4) is 0 Å². The minimum Gasteiger partial charge on any atom is -0.465 e. The highest BCUT2D eigenvalue weighted by atomic mass is 35.5. The molecule has 0 saturated carbocycles. The number of nitrogens with zero attached hydrogens (tertiary/aromatic N) is 1. The van der Waals surface area contributed by atoms with E-state index in [1.807, 2.05) is 0 Å². The summed E-state index contributed by atoms with van der Waals surface area (Å²) >= 11 is 5.79. The van der Waals surface area contributed by atoms with Gasteiger partial charge in [0.2, 0.25) is 10.0 Å². The number of ether oxygens (including phenoxy) is 1. The van der Waals surface area contributed by atoms with Gasteiger partial charge in [0.05, 0.1) is 31.2 Å². The van der Waals surface area contributed by atoms with Crippen molar-refractivity contribution in [3.8, 4) is 0 Å². The van der Waals surface area contributed by atoms with Crippen molar-refractivity contribution in [3.63, 3.8) is 0 Å². The van der Waals surface area contributed by atoms with Gasteiger partial charge in [0.1, 0.15) is 0 Å². The maximum atomic E-state index is 12.5. The lowest BCUT2D eigenvalue weighted by Crippen LogP contribution is -2.36. The summed E-state index contributed by atoms with van der Waals surface area (Å²) in [7, 11) is -2.62. The van der Waals surface area contributed by atoms with Crippen LogP contribution in [0.5, 0.6) is 0 Å². The zero-order chi connectivity index (χ0) is 18.6. The highest BCUT2D eigenvalue weighted by Gasteiger charge is 2.26. The quantitative estimate of drug-likeness (QED) is 0.567. The summed E-state index contributed by atoms with van der Waals surface area (Å²) in [6, 6.07) is 12.1. The second kappa shape index (κ2) is 7.67. The number of ketones is 1. The molecule has 2 rings (SSSR count). The van der Waals surface area contributed by atoms with Gasteiger partial charge in [-0.1, -0.05) is 23.7 Å². The van der Waals surface area contributed by atoms with Crippen molar-refractivity contribution in [2.45, 2.75) is 0 Å². The SMILES string of the molecule is COC(=O)c1ccccc1N(CC(=O)c1ccc(Cl)cc1)S(C)(=O)=O. The van der Waals surface area contributed by atoms with Crippen molar-refractivity contribution < 1.29 is 22.7 Å². The molecule has 0 aliphatic carbocycles. The average Bonchev–Trinajstić information content (AvgIpc) is 2.58. The number of methoxy groups -OCH3 is 1. The van der Waals surface area contributed by atoms with E-state index < -0.39 is 28.3 Å². The molecule has 0 radical (unpaired) electrons. The molecule has 0 bridgehead atoms. The zero-order valence-electron chi connectivity index (χ0n) is 13.6. The molecule has 2 aromatic rings. The molecule has 0 fully saturated rings. The van der Waals surface area contributed by atoms with Crippen LogP contribution in [0.4, 0.5) is 5.69 Å². The summed E-state index contributed by atoms with van der Waals surface area (Å²) in [5.74, 6) is -1.12. The molecule has 0 unspecified atom stereocenters. The van der Waals surface area contributed by atoms with E-state index in [-0.39, 0.29) is 11.3 Å². The van der Waals surface area contributed by atoms with Gasteiger partial charge in [-0.2, -0.15) is 0 Å². The number of hydrogen-bond acceptors (Lipinski definition) is 5. The van der Waals surface area contributed by atoms with Crippen LogP contribution in [0.25, 0.3) is 0 Å². The first kappa shape index (κ1) is 19.0. The summed E-state index contributed by atoms with van der Waals surface area (Å²) in [5.41, 5.74) is 0.451. The fourth-order valence-corrected chi connectivity index (χ4v) is 3.21. The molecule has 0 aromatic heterocycles. The smallest absolute Gasteiger partial charge is 0.340 e. The van der Waals surface area contributed by atoms with Crippen LogP contribution in [0, 0.1) is 0 Å². The Bertz CT molecular complexity index is 894. The van der Waals surface area contributed by atoms with E-state index in [2.05, 4.69) is 4.74 Å². The van der Waals surface area contributed by atoms with Crippen LogP contribution < -0.4 is 4.31 Å². The van der Waals surface area contributed by atoms with Gasteiger partial charge >= 0.3 is 5.97 Å². The number of carbonyl (C=O) groups is 2. The van der Waals surface area contributed by atoms with Gasteiger partial charge in [-0.25, -0.2) is 13.2 Å². The Morgan fingerprint density at radius 1 is 1.08 bits per heavy atom. The van der Waals surface area contributed by atoms with Crippen molar-refractivity contribution >= 4 is 39.1 Å². The molecule has 0 amide bonds. The fourth-order valence-electron chi connectivity index (χ4n) is 2.21. The van der Waals surface area contributed by atoms with Gasteiger partial charge in [0.25, 0.3) is 0 Å². The van der Waals surface area contributed by atoms with E-state index in [9.17, 15) is 18.0 Å². The van der Waals surface area contributed by atoms with Gasteiger partial charge in [-0.15, -0.1) is 0 Å². The Kier molecular flexibility index (Phi) is 5.81. The van der Waals surface area contributed by atoms with E-state index in [0.717, 1.165) is 10.6 Å². The molecule has 0 heterocycles. The third-order valence-electron chi connectivity index (χ3n) is 3.43. The number of carbonyl (C=O) groups excluding carboxylic acids is 2. The molecule has 0 N–H and O–H groups in total. The molecule has 0 atom stereocenters. The summed E-state index contributed by atoms with van der Waals surface area (Å²) in [6.07, 6.45) is 0.968. The fraction of sp³-hybridized carbons (Fsp3) is 0.176. The monoisotopic (exact) mass is 381 g/mol. The molecule has 0 aliphatic rings. The Morgan fingerprint density at radius 2 is 1.68 bits per heavy atom. The predicted octanol–water partition coefficient (Wildman–Crippen LogP) is 2.78. The second-order valence-electron chi connectivity index (χ2n) is 5.21.